The van der Waals surface area contributed by atoms with Gasteiger partial charge < -0.3 is 24.0 Å². The Morgan fingerprint density at radius 2 is 1.87 bits per heavy atom. The number of carbonyl (C=O) groups excluding carboxylic acids is 1. The summed E-state index contributed by atoms with van der Waals surface area (Å²) in [7, 11) is 0. The number of carbonyl (C=O) groups is 1. The van der Waals surface area contributed by atoms with E-state index in [1.165, 1.54) is 5.56 Å². The average molecular weight is 408 g/mol. The minimum atomic E-state index is 0.0467. The standard InChI is InChI=1S/C22H24N4O4/c27-21(14-1-2-18-19(10-14)30-8-7-29-18)26-12-16-9-15-11-23-22(24-20(15)17(16)13-26)25-3-5-28-6-4-25/h1-2,10-11,16-17H,3-9,12-13H2/t16-,17+/m1/s1. The van der Waals surface area contributed by atoms with Gasteiger partial charge >= 0.3 is 0 Å². The molecule has 1 aliphatic carbocycles. The van der Waals surface area contributed by atoms with Crippen LogP contribution in [0.15, 0.2) is 24.4 Å². The van der Waals surface area contributed by atoms with Crippen LogP contribution in [0.25, 0.3) is 0 Å². The number of fused-ring (bicyclic) bond motifs is 4. The molecule has 0 bridgehead atoms. The number of nitrogens with zero attached hydrogens (tertiary/aromatic N) is 4. The average Bonchev–Trinajstić information content (AvgIpc) is 3.37. The van der Waals surface area contributed by atoms with E-state index >= 15 is 0 Å². The normalized spacial score (nSPS) is 24.5. The Morgan fingerprint density at radius 3 is 2.73 bits per heavy atom. The smallest absolute Gasteiger partial charge is 0.254 e. The highest BCUT2D eigenvalue weighted by Gasteiger charge is 2.43. The third kappa shape index (κ3) is 2.98. The molecule has 8 heteroatoms. The second-order valence-corrected chi connectivity index (χ2v) is 8.32. The molecule has 0 radical (unpaired) electrons. The molecular formula is C22H24N4O4. The minimum Gasteiger partial charge on any atom is -0.486 e. The molecule has 3 aliphatic heterocycles. The van der Waals surface area contributed by atoms with Crippen molar-refractivity contribution in [2.75, 3.05) is 57.5 Å². The van der Waals surface area contributed by atoms with Gasteiger partial charge in [0.05, 0.1) is 18.9 Å². The van der Waals surface area contributed by atoms with E-state index in [0.29, 0.717) is 56.0 Å². The molecule has 30 heavy (non-hydrogen) atoms. The van der Waals surface area contributed by atoms with Gasteiger partial charge in [0, 0.05) is 43.9 Å². The number of hydrogen-bond acceptors (Lipinski definition) is 7. The summed E-state index contributed by atoms with van der Waals surface area (Å²) in [6, 6.07) is 5.46. The van der Waals surface area contributed by atoms with E-state index in [-0.39, 0.29) is 11.8 Å². The van der Waals surface area contributed by atoms with Gasteiger partial charge in [-0.15, -0.1) is 0 Å². The maximum Gasteiger partial charge on any atom is 0.254 e. The second-order valence-electron chi connectivity index (χ2n) is 8.32. The molecule has 4 heterocycles. The van der Waals surface area contributed by atoms with Gasteiger partial charge in [-0.05, 0) is 36.1 Å². The highest BCUT2D eigenvalue weighted by atomic mass is 16.6. The van der Waals surface area contributed by atoms with Gasteiger partial charge in [0.2, 0.25) is 5.95 Å². The van der Waals surface area contributed by atoms with Crippen molar-refractivity contribution in [2.45, 2.75) is 12.3 Å². The van der Waals surface area contributed by atoms with Gasteiger partial charge in [0.25, 0.3) is 5.91 Å². The number of anilines is 1. The zero-order valence-corrected chi connectivity index (χ0v) is 16.7. The molecule has 0 N–H and O–H groups in total. The van der Waals surface area contributed by atoms with Crippen molar-refractivity contribution in [1.29, 1.82) is 0 Å². The molecule has 6 rings (SSSR count). The van der Waals surface area contributed by atoms with Crippen LogP contribution in [0.1, 0.15) is 27.5 Å². The summed E-state index contributed by atoms with van der Waals surface area (Å²) in [5.41, 5.74) is 3.00. The van der Waals surface area contributed by atoms with Crippen LogP contribution in [0, 0.1) is 5.92 Å². The van der Waals surface area contributed by atoms with Crippen molar-refractivity contribution in [3.8, 4) is 11.5 Å². The molecule has 2 atom stereocenters. The molecule has 1 amide bonds. The van der Waals surface area contributed by atoms with E-state index in [1.54, 1.807) is 6.07 Å². The molecule has 156 valence electrons. The molecule has 2 saturated heterocycles. The number of rotatable bonds is 2. The SMILES string of the molecule is O=C(c1ccc2c(c1)OCCO2)N1C[C@H]2Cc3cnc(N4CCOCC4)nc3[C@H]2C1. The fourth-order valence-electron chi connectivity index (χ4n) is 5.00. The molecule has 4 aliphatic rings. The van der Waals surface area contributed by atoms with Gasteiger partial charge in [-0.2, -0.15) is 0 Å². The number of hydrogen-bond donors (Lipinski definition) is 0. The van der Waals surface area contributed by atoms with E-state index in [0.717, 1.165) is 37.7 Å². The van der Waals surface area contributed by atoms with Crippen LogP contribution in [-0.2, 0) is 11.2 Å². The highest BCUT2D eigenvalue weighted by molar-refractivity contribution is 5.95. The zero-order valence-electron chi connectivity index (χ0n) is 16.7. The van der Waals surface area contributed by atoms with Crippen molar-refractivity contribution < 1.29 is 19.0 Å². The van der Waals surface area contributed by atoms with Crippen molar-refractivity contribution in [3.05, 3.63) is 41.2 Å². The lowest BCUT2D eigenvalue weighted by atomic mass is 9.99. The number of benzene rings is 1. The monoisotopic (exact) mass is 408 g/mol. The van der Waals surface area contributed by atoms with Gasteiger partial charge in [0.1, 0.15) is 13.2 Å². The third-order valence-electron chi connectivity index (χ3n) is 6.53. The predicted molar refractivity (Wildman–Crippen MR) is 108 cm³/mol. The fourth-order valence-corrected chi connectivity index (χ4v) is 5.00. The van der Waals surface area contributed by atoms with Gasteiger partial charge in [0.15, 0.2) is 11.5 Å². The molecule has 2 fully saturated rings. The zero-order chi connectivity index (χ0) is 20.1. The quantitative estimate of drug-likeness (QED) is 0.745. The van der Waals surface area contributed by atoms with Crippen LogP contribution >= 0.6 is 0 Å². The molecule has 2 aromatic rings. The Labute approximate surface area is 174 Å². The number of amides is 1. The maximum atomic E-state index is 13.2. The number of morpholine rings is 1. The molecule has 0 unspecified atom stereocenters. The number of likely N-dealkylation sites (tertiary alicyclic amines) is 1. The lowest BCUT2D eigenvalue weighted by molar-refractivity contribution is 0.0784. The summed E-state index contributed by atoms with van der Waals surface area (Å²) >= 11 is 0. The topological polar surface area (TPSA) is 77.0 Å². The van der Waals surface area contributed by atoms with Crippen LogP contribution in [0.5, 0.6) is 11.5 Å². The largest absolute Gasteiger partial charge is 0.486 e. The third-order valence-corrected chi connectivity index (χ3v) is 6.53. The molecule has 0 spiro atoms. The van der Waals surface area contributed by atoms with Crippen molar-refractivity contribution in [1.82, 2.24) is 14.9 Å². The second kappa shape index (κ2) is 7.12. The highest BCUT2D eigenvalue weighted by Crippen LogP contribution is 2.43. The Balaban J connectivity index is 1.21. The van der Waals surface area contributed by atoms with E-state index in [1.807, 2.05) is 23.2 Å². The van der Waals surface area contributed by atoms with E-state index in [4.69, 9.17) is 19.2 Å². The minimum absolute atomic E-state index is 0.0467. The van der Waals surface area contributed by atoms with Gasteiger partial charge in [-0.1, -0.05) is 0 Å². The summed E-state index contributed by atoms with van der Waals surface area (Å²) in [6.07, 6.45) is 2.92. The summed E-state index contributed by atoms with van der Waals surface area (Å²) < 4.78 is 16.7. The predicted octanol–water partition coefficient (Wildman–Crippen LogP) is 1.50. The first-order valence-electron chi connectivity index (χ1n) is 10.6. The first-order valence-corrected chi connectivity index (χ1v) is 10.6. The van der Waals surface area contributed by atoms with Crippen LogP contribution < -0.4 is 14.4 Å². The molecular weight excluding hydrogens is 384 g/mol. The Kier molecular flexibility index (Phi) is 4.26. The lowest BCUT2D eigenvalue weighted by Crippen LogP contribution is -2.37. The van der Waals surface area contributed by atoms with Crippen LogP contribution in [0.4, 0.5) is 5.95 Å². The summed E-state index contributed by atoms with van der Waals surface area (Å²) in [5, 5.41) is 0. The van der Waals surface area contributed by atoms with E-state index in [2.05, 4.69) is 9.88 Å². The van der Waals surface area contributed by atoms with Crippen molar-refractivity contribution in [3.63, 3.8) is 0 Å². The van der Waals surface area contributed by atoms with Gasteiger partial charge in [-0.3, -0.25) is 4.79 Å². The Bertz CT molecular complexity index is 991. The molecule has 1 aromatic heterocycles. The summed E-state index contributed by atoms with van der Waals surface area (Å²) in [5.74, 6) is 2.89. The van der Waals surface area contributed by atoms with Crippen LogP contribution in [0.3, 0.4) is 0 Å². The number of ether oxygens (including phenoxy) is 3. The first kappa shape index (κ1) is 17.9. The Hall–Kier alpha value is -2.87. The molecule has 8 nitrogen and oxygen atoms in total. The maximum absolute atomic E-state index is 13.2. The fraction of sp³-hybridized carbons (Fsp3) is 0.500. The van der Waals surface area contributed by atoms with Crippen molar-refractivity contribution >= 4 is 11.9 Å². The first-order chi connectivity index (χ1) is 14.8. The van der Waals surface area contributed by atoms with Crippen LogP contribution in [0.2, 0.25) is 0 Å². The Morgan fingerprint density at radius 1 is 1.03 bits per heavy atom. The van der Waals surface area contributed by atoms with Crippen molar-refractivity contribution in [2.24, 2.45) is 5.92 Å². The van der Waals surface area contributed by atoms with E-state index in [9.17, 15) is 4.79 Å². The summed E-state index contributed by atoms with van der Waals surface area (Å²) in [6.45, 7) is 5.58. The molecule has 0 saturated carbocycles. The lowest BCUT2D eigenvalue weighted by Gasteiger charge is -2.27. The molecule has 1 aromatic carbocycles. The van der Waals surface area contributed by atoms with E-state index < -0.39 is 0 Å². The van der Waals surface area contributed by atoms with Crippen LogP contribution in [-0.4, -0.2) is 73.4 Å². The summed E-state index contributed by atoms with van der Waals surface area (Å²) in [4.78, 5) is 26.8. The number of aromatic nitrogens is 2. The van der Waals surface area contributed by atoms with Gasteiger partial charge in [-0.25, -0.2) is 9.97 Å².